The van der Waals surface area contributed by atoms with Gasteiger partial charge < -0.3 is 18.7 Å². The molecule has 0 aliphatic carbocycles. The van der Waals surface area contributed by atoms with Crippen molar-refractivity contribution in [3.8, 4) is 0 Å². The summed E-state index contributed by atoms with van der Waals surface area (Å²) in [4.78, 5) is 35.7. The van der Waals surface area contributed by atoms with Crippen molar-refractivity contribution in [2.24, 2.45) is 0 Å². The number of carbonyl (C=O) groups excluding carboxylic acids is 3. The summed E-state index contributed by atoms with van der Waals surface area (Å²) in [5.74, 6) is -1.30. The number of carbonyl (C=O) groups is 3. The molecule has 0 N–H and O–H groups in total. The smallest absolute Gasteiger partial charge is 0.333 e. The number of ether oxygens (including phenoxy) is 3. The molecule has 0 aromatic rings. The Morgan fingerprint density at radius 2 is 0.857 bits per heavy atom. The van der Waals surface area contributed by atoms with E-state index in [1.165, 1.54) is 38.5 Å². The molecule has 200 valence electrons. The number of hydrogen-bond acceptors (Lipinski definition) is 6. The number of nitrogens with zero attached hydrogens (tertiary/aromatic N) is 1. The van der Waals surface area contributed by atoms with Gasteiger partial charge in [0.25, 0.3) is 0 Å². The van der Waals surface area contributed by atoms with Gasteiger partial charge in [0.15, 0.2) is 0 Å². The maximum Gasteiger partial charge on any atom is 0.333 e. The van der Waals surface area contributed by atoms with Gasteiger partial charge in [-0.15, -0.1) is 0 Å². The van der Waals surface area contributed by atoms with Gasteiger partial charge in [-0.1, -0.05) is 65.2 Å². The molecule has 0 heterocycles. The van der Waals surface area contributed by atoms with Gasteiger partial charge in [-0.3, -0.25) is 0 Å². The summed E-state index contributed by atoms with van der Waals surface area (Å²) in [6.07, 6.45) is 9.54. The van der Waals surface area contributed by atoms with E-state index in [0.717, 1.165) is 19.4 Å². The van der Waals surface area contributed by atoms with Crippen molar-refractivity contribution >= 4 is 17.9 Å². The fourth-order valence-electron chi connectivity index (χ4n) is 3.62. The van der Waals surface area contributed by atoms with Crippen LogP contribution in [0.25, 0.3) is 0 Å². The predicted molar refractivity (Wildman–Crippen MR) is 140 cm³/mol. The lowest BCUT2D eigenvalue weighted by atomic mass is 10.1. The lowest BCUT2D eigenvalue weighted by Gasteiger charge is -2.38. The molecule has 0 unspecified atom stereocenters. The lowest BCUT2D eigenvalue weighted by Crippen LogP contribution is -2.54. The fraction of sp³-hybridized carbons (Fsp3) is 0.679. The van der Waals surface area contributed by atoms with Crippen LogP contribution in [0, 0.1) is 0 Å². The molecule has 0 aliphatic heterocycles. The van der Waals surface area contributed by atoms with Crippen LogP contribution in [0.5, 0.6) is 0 Å². The van der Waals surface area contributed by atoms with Crippen molar-refractivity contribution in [2.75, 3.05) is 46.0 Å². The SMILES string of the molecule is C=C(C)C(=O)OCC[N+](CCCCCCCCCC)(CCOC(=O)C(=C)C)CCOC(=O)C(=C)C. The first kappa shape index (κ1) is 32.6. The van der Waals surface area contributed by atoms with E-state index in [4.69, 9.17) is 14.2 Å². The first-order valence-corrected chi connectivity index (χ1v) is 12.9. The predicted octanol–water partition coefficient (Wildman–Crippen LogP) is 5.30. The van der Waals surface area contributed by atoms with Crippen LogP contribution < -0.4 is 0 Å². The van der Waals surface area contributed by atoms with Crippen LogP contribution in [0.2, 0.25) is 0 Å². The summed E-state index contributed by atoms with van der Waals surface area (Å²) in [5, 5.41) is 0. The molecule has 0 saturated carbocycles. The zero-order valence-electron chi connectivity index (χ0n) is 22.6. The van der Waals surface area contributed by atoms with Crippen LogP contribution in [0.1, 0.15) is 79.1 Å². The highest BCUT2D eigenvalue weighted by atomic mass is 16.5. The van der Waals surface area contributed by atoms with E-state index in [1.54, 1.807) is 20.8 Å². The summed E-state index contributed by atoms with van der Waals surface area (Å²) in [5.41, 5.74) is 1.03. The molecule has 0 fully saturated rings. The molecule has 0 spiro atoms. The summed E-state index contributed by atoms with van der Waals surface area (Å²) >= 11 is 0. The lowest BCUT2D eigenvalue weighted by molar-refractivity contribution is -0.928. The Bertz CT molecular complexity index is 633. The van der Waals surface area contributed by atoms with Crippen LogP contribution in [0.3, 0.4) is 0 Å². The molecule has 7 nitrogen and oxygen atoms in total. The average molecular weight is 495 g/mol. The summed E-state index contributed by atoms with van der Waals surface area (Å²) in [6.45, 7) is 20.9. The molecule has 0 amide bonds. The van der Waals surface area contributed by atoms with Gasteiger partial charge >= 0.3 is 17.9 Å². The summed E-state index contributed by atoms with van der Waals surface area (Å²) in [7, 11) is 0. The van der Waals surface area contributed by atoms with Crippen LogP contribution in [0.15, 0.2) is 36.5 Å². The normalized spacial score (nSPS) is 11.0. The van der Waals surface area contributed by atoms with Gasteiger partial charge in [-0.05, 0) is 33.6 Å². The van der Waals surface area contributed by atoms with Crippen molar-refractivity contribution in [1.82, 2.24) is 0 Å². The van der Waals surface area contributed by atoms with Crippen LogP contribution in [0.4, 0.5) is 0 Å². The molecule has 0 radical (unpaired) electrons. The molecule has 35 heavy (non-hydrogen) atoms. The van der Waals surface area contributed by atoms with Crippen LogP contribution in [-0.2, 0) is 28.6 Å². The minimum absolute atomic E-state index is 0.200. The van der Waals surface area contributed by atoms with Gasteiger partial charge in [0, 0.05) is 16.7 Å². The zero-order valence-corrected chi connectivity index (χ0v) is 22.6. The van der Waals surface area contributed by atoms with Crippen LogP contribution in [-0.4, -0.2) is 68.4 Å². The summed E-state index contributed by atoms with van der Waals surface area (Å²) < 4.78 is 16.6. The maximum absolute atomic E-state index is 11.9. The highest BCUT2D eigenvalue weighted by molar-refractivity contribution is 5.87. The second kappa shape index (κ2) is 18.9. The van der Waals surface area contributed by atoms with E-state index < -0.39 is 17.9 Å². The molecule has 0 rings (SSSR count). The Labute approximate surface area is 212 Å². The molecular formula is C28H48NO6+. The highest BCUT2D eigenvalue weighted by Crippen LogP contribution is 2.15. The van der Waals surface area contributed by atoms with E-state index >= 15 is 0 Å². The third-order valence-corrected chi connectivity index (χ3v) is 5.93. The second-order valence-corrected chi connectivity index (χ2v) is 9.46. The number of unbranched alkanes of at least 4 members (excludes halogenated alkanes) is 7. The Kier molecular flexibility index (Phi) is 17.6. The third-order valence-electron chi connectivity index (χ3n) is 5.93. The largest absolute Gasteiger partial charge is 0.456 e. The van der Waals surface area contributed by atoms with Gasteiger partial charge in [-0.2, -0.15) is 0 Å². The van der Waals surface area contributed by atoms with E-state index in [-0.39, 0.29) is 19.8 Å². The molecule has 7 heteroatoms. The zero-order chi connectivity index (χ0) is 26.7. The van der Waals surface area contributed by atoms with E-state index in [0.29, 0.717) is 40.8 Å². The molecule has 0 saturated heterocycles. The Morgan fingerprint density at radius 1 is 0.543 bits per heavy atom. The Hall–Kier alpha value is -2.41. The quantitative estimate of drug-likeness (QED) is 0.0708. The maximum atomic E-state index is 11.9. The summed E-state index contributed by atoms with van der Waals surface area (Å²) in [6, 6.07) is 0. The first-order valence-electron chi connectivity index (χ1n) is 12.9. The van der Waals surface area contributed by atoms with E-state index in [2.05, 4.69) is 26.7 Å². The molecule has 0 aromatic carbocycles. The van der Waals surface area contributed by atoms with Gasteiger partial charge in [0.05, 0.1) is 6.54 Å². The molecule has 0 aromatic heterocycles. The van der Waals surface area contributed by atoms with E-state index in [1.807, 2.05) is 0 Å². The standard InChI is InChI=1S/C28H48NO6/c1-8-9-10-11-12-13-14-15-16-29(17-20-33-26(30)23(2)3,18-21-34-27(31)24(4)5)19-22-35-28(32)25(6)7/h2,4,6,8-22H2,1,3,5,7H3/q+1. The van der Waals surface area contributed by atoms with Crippen molar-refractivity contribution in [3.05, 3.63) is 36.5 Å². The number of esters is 3. The van der Waals surface area contributed by atoms with Crippen molar-refractivity contribution in [3.63, 3.8) is 0 Å². The van der Waals surface area contributed by atoms with Crippen molar-refractivity contribution in [2.45, 2.75) is 79.1 Å². The second-order valence-electron chi connectivity index (χ2n) is 9.46. The number of quaternary nitrogens is 1. The van der Waals surface area contributed by atoms with Gasteiger partial charge in [-0.25, -0.2) is 14.4 Å². The molecule has 0 bridgehead atoms. The monoisotopic (exact) mass is 494 g/mol. The first-order chi connectivity index (χ1) is 16.5. The average Bonchev–Trinajstić information content (AvgIpc) is 2.80. The Morgan fingerprint density at radius 3 is 1.17 bits per heavy atom. The van der Waals surface area contributed by atoms with Gasteiger partial charge in [0.2, 0.25) is 0 Å². The fourth-order valence-corrected chi connectivity index (χ4v) is 3.62. The van der Waals surface area contributed by atoms with Crippen molar-refractivity contribution < 1.29 is 33.1 Å². The highest BCUT2D eigenvalue weighted by Gasteiger charge is 2.29. The van der Waals surface area contributed by atoms with Crippen molar-refractivity contribution in [1.29, 1.82) is 0 Å². The molecule has 0 aliphatic rings. The van der Waals surface area contributed by atoms with Crippen LogP contribution >= 0.6 is 0 Å². The third kappa shape index (κ3) is 16.0. The minimum atomic E-state index is -0.433. The number of rotatable bonds is 21. The molecular weight excluding hydrogens is 446 g/mol. The minimum Gasteiger partial charge on any atom is -0.456 e. The Balaban J connectivity index is 5.22. The number of hydrogen-bond donors (Lipinski definition) is 0. The van der Waals surface area contributed by atoms with E-state index in [9.17, 15) is 14.4 Å². The topological polar surface area (TPSA) is 78.9 Å². The van der Waals surface area contributed by atoms with Gasteiger partial charge in [0.1, 0.15) is 39.5 Å². The molecule has 0 atom stereocenters.